The lowest BCUT2D eigenvalue weighted by Crippen LogP contribution is -2.22. The normalized spacial score (nSPS) is 11.0. The molecular weight excluding hydrogens is 475 g/mol. The van der Waals surface area contributed by atoms with E-state index in [1.165, 1.54) is 42.5 Å². The summed E-state index contributed by atoms with van der Waals surface area (Å²) in [6.45, 7) is 0.258. The zero-order valence-corrected chi connectivity index (χ0v) is 19.5. The summed E-state index contributed by atoms with van der Waals surface area (Å²) in [4.78, 5) is 12.3. The lowest BCUT2D eigenvalue weighted by atomic mass is 10.1. The van der Waals surface area contributed by atoms with Gasteiger partial charge in [-0.15, -0.1) is 0 Å². The van der Waals surface area contributed by atoms with Crippen molar-refractivity contribution in [3.8, 4) is 11.5 Å². The Morgan fingerprint density at radius 3 is 2.12 bits per heavy atom. The Balaban J connectivity index is 1.68. The monoisotopic (exact) mass is 494 g/mol. The minimum atomic E-state index is -3.95. The van der Waals surface area contributed by atoms with Gasteiger partial charge in [0.15, 0.2) is 0 Å². The van der Waals surface area contributed by atoms with Crippen molar-refractivity contribution in [1.29, 1.82) is 0 Å². The van der Waals surface area contributed by atoms with Gasteiger partial charge in [0.2, 0.25) is 0 Å². The van der Waals surface area contributed by atoms with Crippen molar-refractivity contribution >= 4 is 44.8 Å². The van der Waals surface area contributed by atoms with Crippen LogP contribution in [0.25, 0.3) is 0 Å². The van der Waals surface area contributed by atoms with Gasteiger partial charge in [0.25, 0.3) is 15.9 Å². The van der Waals surface area contributed by atoms with Gasteiger partial charge in [-0.3, -0.25) is 9.52 Å². The molecule has 0 aromatic heterocycles. The number of nitrogens with one attached hydrogen (secondary N) is 2. The number of methoxy groups -OCH3 is 2. The Hall–Kier alpha value is -2.94. The molecule has 0 aliphatic heterocycles. The van der Waals surface area contributed by atoms with E-state index in [1.807, 2.05) is 0 Å². The first-order chi connectivity index (χ1) is 15.2. The number of rotatable bonds is 8. The highest BCUT2D eigenvalue weighted by Crippen LogP contribution is 2.27. The van der Waals surface area contributed by atoms with Crippen molar-refractivity contribution < 1.29 is 22.7 Å². The van der Waals surface area contributed by atoms with Gasteiger partial charge < -0.3 is 14.8 Å². The lowest BCUT2D eigenvalue weighted by Gasteiger charge is -2.11. The fourth-order valence-electron chi connectivity index (χ4n) is 2.84. The number of hydrogen-bond acceptors (Lipinski definition) is 5. The van der Waals surface area contributed by atoms with Gasteiger partial charge in [-0.25, -0.2) is 8.42 Å². The van der Waals surface area contributed by atoms with Crippen molar-refractivity contribution in [3.63, 3.8) is 0 Å². The average molecular weight is 495 g/mol. The van der Waals surface area contributed by atoms with Crippen LogP contribution in [-0.2, 0) is 16.6 Å². The number of amides is 1. The Bertz CT molecular complexity index is 1210. The van der Waals surface area contributed by atoms with Crippen LogP contribution >= 0.6 is 23.2 Å². The molecule has 3 aromatic rings. The van der Waals surface area contributed by atoms with Crippen LogP contribution in [0.1, 0.15) is 15.9 Å². The van der Waals surface area contributed by atoms with E-state index in [0.717, 1.165) is 5.56 Å². The fourth-order valence-corrected chi connectivity index (χ4v) is 4.66. The second kappa shape index (κ2) is 10.1. The molecule has 0 unspecified atom stereocenters. The van der Waals surface area contributed by atoms with E-state index in [0.29, 0.717) is 17.1 Å². The van der Waals surface area contributed by atoms with Crippen LogP contribution in [0.3, 0.4) is 0 Å². The third kappa shape index (κ3) is 5.85. The molecule has 0 fully saturated rings. The smallest absolute Gasteiger partial charge is 0.263 e. The Kier molecular flexibility index (Phi) is 7.50. The van der Waals surface area contributed by atoms with Gasteiger partial charge in [-0.1, -0.05) is 23.2 Å². The molecule has 0 saturated heterocycles. The molecule has 32 heavy (non-hydrogen) atoms. The summed E-state index contributed by atoms with van der Waals surface area (Å²) in [5.41, 5.74) is 1.44. The van der Waals surface area contributed by atoms with Crippen LogP contribution < -0.4 is 19.5 Å². The zero-order valence-electron chi connectivity index (χ0n) is 17.2. The van der Waals surface area contributed by atoms with Gasteiger partial charge in [0.05, 0.1) is 19.2 Å². The van der Waals surface area contributed by atoms with Gasteiger partial charge >= 0.3 is 0 Å². The van der Waals surface area contributed by atoms with E-state index in [9.17, 15) is 13.2 Å². The predicted molar refractivity (Wildman–Crippen MR) is 124 cm³/mol. The molecular formula is C22H20Cl2N2O5S. The van der Waals surface area contributed by atoms with Gasteiger partial charge in [0, 0.05) is 28.9 Å². The van der Waals surface area contributed by atoms with E-state index in [-0.39, 0.29) is 33.1 Å². The molecule has 0 heterocycles. The van der Waals surface area contributed by atoms with E-state index in [4.69, 9.17) is 32.7 Å². The van der Waals surface area contributed by atoms with E-state index in [1.54, 1.807) is 32.4 Å². The summed E-state index contributed by atoms with van der Waals surface area (Å²) in [6.07, 6.45) is 0. The summed E-state index contributed by atoms with van der Waals surface area (Å²) in [7, 11) is -0.852. The van der Waals surface area contributed by atoms with Crippen molar-refractivity contribution in [3.05, 3.63) is 81.8 Å². The largest absolute Gasteiger partial charge is 0.497 e. The van der Waals surface area contributed by atoms with Crippen molar-refractivity contribution in [2.75, 3.05) is 18.9 Å². The van der Waals surface area contributed by atoms with Crippen LogP contribution in [0.2, 0.25) is 10.0 Å². The molecule has 10 heteroatoms. The topological polar surface area (TPSA) is 93.7 Å². The SMILES string of the molecule is COc1cc(CNC(=O)c2ccc(NS(=O)(=O)c3cc(Cl)ccc3Cl)cc2)cc(OC)c1. The molecule has 1 amide bonds. The first-order valence-corrected chi connectivity index (χ1v) is 11.5. The molecule has 3 rings (SSSR count). The Labute approximate surface area is 196 Å². The number of hydrogen-bond donors (Lipinski definition) is 2. The number of sulfonamides is 1. The number of carbonyl (C=O) groups excluding carboxylic acids is 1. The molecule has 0 saturated carbocycles. The van der Waals surface area contributed by atoms with Crippen LogP contribution in [-0.4, -0.2) is 28.5 Å². The summed E-state index contributed by atoms with van der Waals surface area (Å²) in [6, 6.07) is 15.5. The maximum absolute atomic E-state index is 12.6. The van der Waals surface area contributed by atoms with Crippen LogP contribution in [0.5, 0.6) is 11.5 Å². The van der Waals surface area contributed by atoms with Crippen LogP contribution in [0.4, 0.5) is 5.69 Å². The van der Waals surface area contributed by atoms with E-state index >= 15 is 0 Å². The molecule has 0 radical (unpaired) electrons. The Morgan fingerprint density at radius 1 is 0.906 bits per heavy atom. The molecule has 0 spiro atoms. The number of halogens is 2. The maximum Gasteiger partial charge on any atom is 0.263 e. The second-order valence-corrected chi connectivity index (χ2v) is 9.16. The van der Waals surface area contributed by atoms with Crippen molar-refractivity contribution in [2.24, 2.45) is 0 Å². The van der Waals surface area contributed by atoms with Crippen molar-refractivity contribution in [2.45, 2.75) is 11.4 Å². The molecule has 0 aliphatic rings. The number of anilines is 1. The first-order valence-electron chi connectivity index (χ1n) is 9.30. The summed E-state index contributed by atoms with van der Waals surface area (Å²) >= 11 is 11.9. The standard InChI is InChI=1S/C22H20Cl2N2O5S/c1-30-18-9-14(10-19(12-18)31-2)13-25-22(27)15-3-6-17(7-4-15)26-32(28,29)21-11-16(23)5-8-20(21)24/h3-12,26H,13H2,1-2H3,(H,25,27). The second-order valence-electron chi connectivity index (χ2n) is 6.66. The van der Waals surface area contributed by atoms with Gasteiger partial charge in [-0.2, -0.15) is 0 Å². The van der Waals surface area contributed by atoms with Crippen LogP contribution in [0, 0.1) is 0 Å². The van der Waals surface area contributed by atoms with Gasteiger partial charge in [0.1, 0.15) is 16.4 Å². The highest BCUT2D eigenvalue weighted by Gasteiger charge is 2.19. The van der Waals surface area contributed by atoms with Crippen LogP contribution in [0.15, 0.2) is 65.6 Å². The molecule has 0 bridgehead atoms. The molecule has 168 valence electrons. The molecule has 3 aromatic carbocycles. The maximum atomic E-state index is 12.6. The summed E-state index contributed by atoms with van der Waals surface area (Å²) in [5, 5.41) is 3.10. The number of benzene rings is 3. The number of ether oxygens (including phenoxy) is 2. The van der Waals surface area contributed by atoms with E-state index < -0.39 is 10.0 Å². The summed E-state index contributed by atoms with van der Waals surface area (Å²) < 4.78 is 38.1. The molecule has 7 nitrogen and oxygen atoms in total. The fraction of sp³-hybridized carbons (Fsp3) is 0.136. The van der Waals surface area contributed by atoms with E-state index in [2.05, 4.69) is 10.0 Å². The molecule has 2 N–H and O–H groups in total. The highest BCUT2D eigenvalue weighted by atomic mass is 35.5. The third-order valence-electron chi connectivity index (χ3n) is 4.45. The minimum absolute atomic E-state index is 0.0482. The minimum Gasteiger partial charge on any atom is -0.497 e. The quantitative estimate of drug-likeness (QED) is 0.471. The first kappa shape index (κ1) is 23.7. The van der Waals surface area contributed by atoms with Crippen molar-refractivity contribution in [1.82, 2.24) is 5.32 Å². The average Bonchev–Trinajstić information content (AvgIpc) is 2.78. The Morgan fingerprint density at radius 2 is 1.53 bits per heavy atom. The summed E-state index contributed by atoms with van der Waals surface area (Å²) in [5.74, 6) is 0.911. The predicted octanol–water partition coefficient (Wildman–Crippen LogP) is 4.74. The molecule has 0 aliphatic carbocycles. The third-order valence-corrected chi connectivity index (χ3v) is 6.54. The lowest BCUT2D eigenvalue weighted by molar-refractivity contribution is 0.0951. The number of carbonyl (C=O) groups is 1. The van der Waals surface area contributed by atoms with Gasteiger partial charge in [-0.05, 0) is 60.2 Å². The highest BCUT2D eigenvalue weighted by molar-refractivity contribution is 7.92. The molecule has 0 atom stereocenters. The zero-order chi connectivity index (χ0) is 23.3.